The van der Waals surface area contributed by atoms with Gasteiger partial charge in [-0.3, -0.25) is 0 Å². The van der Waals surface area contributed by atoms with Crippen LogP contribution in [0, 0.1) is 17.7 Å². The van der Waals surface area contributed by atoms with Crippen molar-refractivity contribution < 1.29 is 4.39 Å². The Bertz CT molecular complexity index is 429. The molecule has 118 valence electrons. The van der Waals surface area contributed by atoms with Gasteiger partial charge in [0.2, 0.25) is 0 Å². The Morgan fingerprint density at radius 3 is 2.86 bits per heavy atom. The van der Waals surface area contributed by atoms with Crippen molar-refractivity contribution in [2.24, 2.45) is 11.8 Å². The zero-order valence-electron chi connectivity index (χ0n) is 13.2. The smallest absolute Gasteiger partial charge is 0.127 e. The highest BCUT2D eigenvalue weighted by molar-refractivity contribution is 6.31. The molecular weight excluding hydrogens is 285 g/mol. The van der Waals surface area contributed by atoms with Gasteiger partial charge in [0.15, 0.2) is 0 Å². The number of benzene rings is 1. The summed E-state index contributed by atoms with van der Waals surface area (Å²) in [6, 6.07) is 5.32. The van der Waals surface area contributed by atoms with E-state index in [4.69, 9.17) is 11.6 Å². The molecule has 0 amide bonds. The average Bonchev–Trinajstić information content (AvgIpc) is 2.46. The zero-order chi connectivity index (χ0) is 15.2. The normalized spacial score (nSPS) is 24.0. The van der Waals surface area contributed by atoms with Crippen LogP contribution in [0.25, 0.3) is 0 Å². The number of nitrogens with one attached hydrogen (secondary N) is 1. The van der Waals surface area contributed by atoms with Gasteiger partial charge in [-0.15, -0.1) is 0 Å². The van der Waals surface area contributed by atoms with Crippen molar-refractivity contribution in [3.05, 3.63) is 34.6 Å². The van der Waals surface area contributed by atoms with Crippen LogP contribution >= 0.6 is 11.6 Å². The molecule has 0 aliphatic heterocycles. The highest BCUT2D eigenvalue weighted by Crippen LogP contribution is 2.33. The molecule has 1 N–H and O–H groups in total. The second-order valence-corrected chi connectivity index (χ2v) is 6.90. The minimum absolute atomic E-state index is 0.172. The van der Waals surface area contributed by atoms with Gasteiger partial charge in [0, 0.05) is 16.6 Å². The zero-order valence-corrected chi connectivity index (χ0v) is 13.9. The average molecular weight is 312 g/mol. The van der Waals surface area contributed by atoms with Crippen LogP contribution in [0.15, 0.2) is 18.2 Å². The van der Waals surface area contributed by atoms with Gasteiger partial charge in [-0.2, -0.15) is 0 Å². The SMILES string of the molecule is CCCNC(Cc1c(F)cccc1Cl)C1CCCC(C)C1. The van der Waals surface area contributed by atoms with Crippen LogP contribution in [-0.4, -0.2) is 12.6 Å². The van der Waals surface area contributed by atoms with E-state index in [0.717, 1.165) is 18.9 Å². The molecule has 3 unspecified atom stereocenters. The Hall–Kier alpha value is -0.600. The highest BCUT2D eigenvalue weighted by atomic mass is 35.5. The van der Waals surface area contributed by atoms with Gasteiger partial charge in [-0.05, 0) is 56.2 Å². The van der Waals surface area contributed by atoms with E-state index in [1.54, 1.807) is 12.1 Å². The molecule has 2 rings (SSSR count). The summed E-state index contributed by atoms with van der Waals surface area (Å²) in [6.45, 7) is 5.49. The van der Waals surface area contributed by atoms with Crippen LogP contribution in [0.1, 0.15) is 51.5 Å². The quantitative estimate of drug-likeness (QED) is 0.760. The number of rotatable bonds is 6. The number of hydrogen-bond donors (Lipinski definition) is 1. The van der Waals surface area contributed by atoms with Crippen LogP contribution in [0.5, 0.6) is 0 Å². The maximum Gasteiger partial charge on any atom is 0.127 e. The van der Waals surface area contributed by atoms with E-state index in [-0.39, 0.29) is 5.82 Å². The van der Waals surface area contributed by atoms with Gasteiger partial charge < -0.3 is 5.32 Å². The molecule has 21 heavy (non-hydrogen) atoms. The Morgan fingerprint density at radius 2 is 2.19 bits per heavy atom. The summed E-state index contributed by atoms with van der Waals surface area (Å²) in [5, 5.41) is 4.19. The summed E-state index contributed by atoms with van der Waals surface area (Å²) in [6.07, 6.45) is 6.91. The Morgan fingerprint density at radius 1 is 1.38 bits per heavy atom. The molecule has 1 saturated carbocycles. The van der Waals surface area contributed by atoms with Gasteiger partial charge in [0.05, 0.1) is 0 Å². The fourth-order valence-electron chi connectivity index (χ4n) is 3.53. The molecule has 0 heterocycles. The third-order valence-electron chi connectivity index (χ3n) is 4.69. The lowest BCUT2D eigenvalue weighted by atomic mass is 9.77. The first kappa shape index (κ1) is 16.8. The summed E-state index contributed by atoms with van der Waals surface area (Å²) in [5.74, 6) is 1.25. The first-order valence-corrected chi connectivity index (χ1v) is 8.65. The van der Waals surface area contributed by atoms with E-state index >= 15 is 0 Å². The van der Waals surface area contributed by atoms with E-state index in [0.29, 0.717) is 29.0 Å². The van der Waals surface area contributed by atoms with E-state index in [1.165, 1.54) is 31.7 Å². The fraction of sp³-hybridized carbons (Fsp3) is 0.667. The van der Waals surface area contributed by atoms with Crippen molar-refractivity contribution in [2.75, 3.05) is 6.54 Å². The summed E-state index contributed by atoms with van der Waals surface area (Å²) in [4.78, 5) is 0. The molecule has 0 bridgehead atoms. The number of halogens is 2. The largest absolute Gasteiger partial charge is 0.313 e. The van der Waals surface area contributed by atoms with Gasteiger partial charge in [-0.25, -0.2) is 4.39 Å². The van der Waals surface area contributed by atoms with Crippen molar-refractivity contribution >= 4 is 11.6 Å². The fourth-order valence-corrected chi connectivity index (χ4v) is 3.77. The van der Waals surface area contributed by atoms with Gasteiger partial charge in [0.25, 0.3) is 0 Å². The van der Waals surface area contributed by atoms with E-state index in [9.17, 15) is 4.39 Å². The van der Waals surface area contributed by atoms with Crippen LogP contribution in [0.3, 0.4) is 0 Å². The number of hydrogen-bond acceptors (Lipinski definition) is 1. The molecule has 1 aromatic rings. The molecule has 1 aromatic carbocycles. The first-order chi connectivity index (χ1) is 10.1. The molecule has 1 nitrogen and oxygen atoms in total. The summed E-state index contributed by atoms with van der Waals surface area (Å²) < 4.78 is 14.1. The third-order valence-corrected chi connectivity index (χ3v) is 5.04. The highest BCUT2D eigenvalue weighted by Gasteiger charge is 2.27. The molecule has 0 spiro atoms. The predicted octanol–water partition coefficient (Wildman–Crippen LogP) is 5.22. The van der Waals surface area contributed by atoms with Gasteiger partial charge in [0.1, 0.15) is 5.82 Å². The Balaban J connectivity index is 2.12. The van der Waals surface area contributed by atoms with Crippen molar-refractivity contribution in [1.29, 1.82) is 0 Å². The molecule has 1 aliphatic rings. The second-order valence-electron chi connectivity index (χ2n) is 6.50. The van der Waals surface area contributed by atoms with Crippen molar-refractivity contribution in [3.63, 3.8) is 0 Å². The standard InChI is InChI=1S/C18H27ClFN/c1-3-10-21-18(14-7-4-6-13(2)11-14)12-15-16(19)8-5-9-17(15)20/h5,8-9,13-14,18,21H,3-4,6-7,10-12H2,1-2H3. The Labute approximate surface area is 133 Å². The molecule has 1 aliphatic carbocycles. The van der Waals surface area contributed by atoms with E-state index < -0.39 is 0 Å². The monoisotopic (exact) mass is 311 g/mol. The second kappa shape index (κ2) is 8.14. The topological polar surface area (TPSA) is 12.0 Å². The molecule has 3 heteroatoms. The molecule has 1 fully saturated rings. The summed E-state index contributed by atoms with van der Waals surface area (Å²) in [7, 11) is 0. The predicted molar refractivity (Wildman–Crippen MR) is 88.3 cm³/mol. The van der Waals surface area contributed by atoms with Crippen molar-refractivity contribution in [1.82, 2.24) is 5.32 Å². The van der Waals surface area contributed by atoms with Crippen molar-refractivity contribution in [3.8, 4) is 0 Å². The summed E-state index contributed by atoms with van der Waals surface area (Å²) in [5.41, 5.74) is 0.672. The maximum absolute atomic E-state index is 14.1. The van der Waals surface area contributed by atoms with Crippen LogP contribution in [-0.2, 0) is 6.42 Å². The first-order valence-electron chi connectivity index (χ1n) is 8.28. The minimum atomic E-state index is -0.172. The lowest BCUT2D eigenvalue weighted by Gasteiger charge is -2.34. The van der Waals surface area contributed by atoms with Crippen LogP contribution < -0.4 is 5.32 Å². The summed E-state index contributed by atoms with van der Waals surface area (Å²) >= 11 is 6.21. The lowest BCUT2D eigenvalue weighted by molar-refractivity contribution is 0.220. The van der Waals surface area contributed by atoms with Crippen LogP contribution in [0.4, 0.5) is 4.39 Å². The van der Waals surface area contributed by atoms with Crippen LogP contribution in [0.2, 0.25) is 5.02 Å². The molecule has 0 saturated heterocycles. The minimum Gasteiger partial charge on any atom is -0.313 e. The van der Waals surface area contributed by atoms with Gasteiger partial charge >= 0.3 is 0 Å². The molecule has 0 radical (unpaired) electrons. The maximum atomic E-state index is 14.1. The van der Waals surface area contributed by atoms with Gasteiger partial charge in [-0.1, -0.05) is 44.4 Å². The van der Waals surface area contributed by atoms with E-state index in [1.807, 2.05) is 0 Å². The lowest BCUT2D eigenvalue weighted by Crippen LogP contribution is -2.40. The molecule has 0 aromatic heterocycles. The third kappa shape index (κ3) is 4.69. The molecule has 3 atom stereocenters. The molecular formula is C18H27ClFN. The van der Waals surface area contributed by atoms with Crippen molar-refractivity contribution in [2.45, 2.75) is 58.4 Å². The Kier molecular flexibility index (Phi) is 6.50. The van der Waals surface area contributed by atoms with E-state index in [2.05, 4.69) is 19.2 Å².